The van der Waals surface area contributed by atoms with Crippen LogP contribution in [0.25, 0.3) is 0 Å². The number of benzene rings is 1. The molecule has 0 spiro atoms. The smallest absolute Gasteiger partial charge is 0.310 e. The van der Waals surface area contributed by atoms with E-state index in [9.17, 15) is 14.4 Å². The molecule has 1 fully saturated rings. The van der Waals surface area contributed by atoms with E-state index in [0.29, 0.717) is 25.1 Å². The molecule has 6 heteroatoms. The lowest BCUT2D eigenvalue weighted by Gasteiger charge is -2.39. The molecule has 0 aliphatic carbocycles. The van der Waals surface area contributed by atoms with Crippen molar-refractivity contribution in [3.63, 3.8) is 0 Å². The molecular weight excluding hydrogens is 320 g/mol. The van der Waals surface area contributed by atoms with Crippen molar-refractivity contribution in [1.29, 1.82) is 0 Å². The molecule has 1 aromatic carbocycles. The first-order valence-corrected chi connectivity index (χ1v) is 8.52. The molecule has 1 aliphatic rings. The van der Waals surface area contributed by atoms with Crippen LogP contribution in [-0.2, 0) is 9.59 Å². The summed E-state index contributed by atoms with van der Waals surface area (Å²) in [6.45, 7) is 6.00. The highest BCUT2D eigenvalue weighted by Gasteiger charge is 2.40. The number of carboxylic acids is 1. The van der Waals surface area contributed by atoms with Crippen molar-refractivity contribution < 1.29 is 19.5 Å². The quantitative estimate of drug-likeness (QED) is 0.855. The minimum atomic E-state index is -1.03. The van der Waals surface area contributed by atoms with E-state index in [-0.39, 0.29) is 18.4 Å². The van der Waals surface area contributed by atoms with Gasteiger partial charge in [-0.05, 0) is 45.7 Å². The van der Waals surface area contributed by atoms with Gasteiger partial charge in [0.2, 0.25) is 5.91 Å². The summed E-state index contributed by atoms with van der Waals surface area (Å²) in [6, 6.07) is 9.02. The maximum absolute atomic E-state index is 12.7. The van der Waals surface area contributed by atoms with Gasteiger partial charge in [0.1, 0.15) is 0 Å². The van der Waals surface area contributed by atoms with Gasteiger partial charge in [-0.15, -0.1) is 0 Å². The van der Waals surface area contributed by atoms with Gasteiger partial charge >= 0.3 is 5.97 Å². The van der Waals surface area contributed by atoms with Crippen molar-refractivity contribution >= 4 is 17.8 Å². The van der Waals surface area contributed by atoms with Crippen LogP contribution in [0.5, 0.6) is 0 Å². The van der Waals surface area contributed by atoms with Gasteiger partial charge in [-0.1, -0.05) is 18.2 Å². The van der Waals surface area contributed by atoms with Crippen LogP contribution in [0.1, 0.15) is 44.0 Å². The number of piperidine rings is 1. The second-order valence-corrected chi connectivity index (χ2v) is 7.63. The molecule has 0 bridgehead atoms. The fourth-order valence-corrected chi connectivity index (χ4v) is 2.95. The van der Waals surface area contributed by atoms with E-state index in [2.05, 4.69) is 5.32 Å². The third-order valence-corrected chi connectivity index (χ3v) is 4.82. The zero-order valence-corrected chi connectivity index (χ0v) is 15.0. The van der Waals surface area contributed by atoms with Crippen molar-refractivity contribution in [3.05, 3.63) is 35.9 Å². The molecule has 2 N–H and O–H groups in total. The van der Waals surface area contributed by atoms with Crippen molar-refractivity contribution in [2.75, 3.05) is 19.6 Å². The Hall–Kier alpha value is -2.37. The monoisotopic (exact) mass is 346 g/mol. The first-order chi connectivity index (χ1) is 11.7. The van der Waals surface area contributed by atoms with Crippen LogP contribution in [0.3, 0.4) is 0 Å². The number of hydrogen-bond acceptors (Lipinski definition) is 3. The number of carbonyl (C=O) groups is 3. The molecule has 2 rings (SSSR count). The van der Waals surface area contributed by atoms with Crippen molar-refractivity contribution in [3.8, 4) is 0 Å². The van der Waals surface area contributed by atoms with Gasteiger partial charge in [0.05, 0.1) is 10.8 Å². The first kappa shape index (κ1) is 19.0. The highest BCUT2D eigenvalue weighted by atomic mass is 16.4. The Bertz CT molecular complexity index is 657. The Morgan fingerprint density at radius 3 is 2.48 bits per heavy atom. The van der Waals surface area contributed by atoms with Crippen LogP contribution < -0.4 is 5.32 Å². The normalized spacial score (nSPS) is 20.8. The van der Waals surface area contributed by atoms with E-state index in [1.807, 2.05) is 25.1 Å². The minimum absolute atomic E-state index is 0.0589. The highest BCUT2D eigenvalue weighted by Crippen LogP contribution is 2.31. The number of nitrogens with one attached hydrogen (secondary N) is 1. The Kier molecular flexibility index (Phi) is 5.50. The lowest BCUT2D eigenvalue weighted by molar-refractivity contribution is -0.147. The van der Waals surface area contributed by atoms with Gasteiger partial charge in [0, 0.05) is 25.2 Å². The van der Waals surface area contributed by atoms with Crippen LogP contribution in [0.15, 0.2) is 30.3 Å². The molecule has 1 unspecified atom stereocenters. The molecular formula is C19H26N2O4. The lowest BCUT2D eigenvalue weighted by Crippen LogP contribution is -2.53. The summed E-state index contributed by atoms with van der Waals surface area (Å²) in [4.78, 5) is 38.2. The van der Waals surface area contributed by atoms with Crippen LogP contribution in [0.2, 0.25) is 0 Å². The maximum Gasteiger partial charge on any atom is 0.310 e. The van der Waals surface area contributed by atoms with Crippen molar-refractivity contribution in [1.82, 2.24) is 10.2 Å². The molecule has 0 saturated carbocycles. The van der Waals surface area contributed by atoms with E-state index in [4.69, 9.17) is 5.11 Å². The number of amides is 2. The fraction of sp³-hybridized carbons (Fsp3) is 0.526. The molecule has 25 heavy (non-hydrogen) atoms. The van der Waals surface area contributed by atoms with Crippen LogP contribution in [0.4, 0.5) is 0 Å². The predicted molar refractivity (Wildman–Crippen MR) is 94.1 cm³/mol. The standard InChI is InChI=1S/C19H26N2O4/c1-18(2,17(24)25)12-20-16(23)19(3)10-7-11-21(13-19)15(22)14-8-5-4-6-9-14/h4-6,8-9H,7,10-13H2,1-3H3,(H,20,23)(H,24,25). The second-order valence-electron chi connectivity index (χ2n) is 7.63. The maximum atomic E-state index is 12.7. The Balaban J connectivity index is 2.04. The third-order valence-electron chi connectivity index (χ3n) is 4.82. The summed E-state index contributed by atoms with van der Waals surface area (Å²) < 4.78 is 0. The molecule has 0 aromatic heterocycles. The van der Waals surface area contributed by atoms with Crippen molar-refractivity contribution in [2.24, 2.45) is 10.8 Å². The lowest BCUT2D eigenvalue weighted by atomic mass is 9.80. The zero-order chi connectivity index (χ0) is 18.7. The third kappa shape index (κ3) is 4.38. The second kappa shape index (κ2) is 7.25. The van der Waals surface area contributed by atoms with Crippen molar-refractivity contribution in [2.45, 2.75) is 33.6 Å². The molecule has 1 heterocycles. The number of aliphatic carboxylic acids is 1. The number of carbonyl (C=O) groups excluding carboxylic acids is 2. The average Bonchev–Trinajstić information content (AvgIpc) is 2.59. The Morgan fingerprint density at radius 1 is 1.24 bits per heavy atom. The highest BCUT2D eigenvalue weighted by molar-refractivity contribution is 5.95. The summed E-state index contributed by atoms with van der Waals surface area (Å²) in [5.74, 6) is -1.24. The molecule has 1 aliphatic heterocycles. The van der Waals surface area contributed by atoms with E-state index in [1.165, 1.54) is 0 Å². The Labute approximate surface area is 148 Å². The van der Waals surface area contributed by atoms with Gasteiger partial charge in [-0.3, -0.25) is 14.4 Å². The first-order valence-electron chi connectivity index (χ1n) is 8.52. The van der Waals surface area contributed by atoms with Gasteiger partial charge < -0.3 is 15.3 Å². The molecule has 1 saturated heterocycles. The molecule has 6 nitrogen and oxygen atoms in total. The summed E-state index contributed by atoms with van der Waals surface area (Å²) in [6.07, 6.45) is 1.41. The average molecular weight is 346 g/mol. The van der Waals surface area contributed by atoms with Crippen LogP contribution >= 0.6 is 0 Å². The van der Waals surface area contributed by atoms with E-state index in [1.54, 1.807) is 30.9 Å². The molecule has 0 radical (unpaired) electrons. The van der Waals surface area contributed by atoms with E-state index < -0.39 is 16.8 Å². The minimum Gasteiger partial charge on any atom is -0.481 e. The van der Waals surface area contributed by atoms with Gasteiger partial charge in [0.15, 0.2) is 0 Å². The molecule has 136 valence electrons. The molecule has 1 atom stereocenters. The summed E-state index contributed by atoms with van der Waals surface area (Å²) in [5, 5.41) is 11.9. The van der Waals surface area contributed by atoms with Crippen LogP contribution in [-0.4, -0.2) is 47.4 Å². The number of likely N-dealkylation sites (tertiary alicyclic amines) is 1. The SMILES string of the molecule is CC(C)(CNC(=O)C1(C)CCCN(C(=O)c2ccccc2)C1)C(=O)O. The largest absolute Gasteiger partial charge is 0.481 e. The van der Waals surface area contributed by atoms with Gasteiger partial charge in [-0.25, -0.2) is 0 Å². The predicted octanol–water partition coefficient (Wildman–Crippen LogP) is 2.16. The summed E-state index contributed by atoms with van der Waals surface area (Å²) >= 11 is 0. The van der Waals surface area contributed by atoms with Gasteiger partial charge in [0.25, 0.3) is 5.91 Å². The number of rotatable bonds is 5. The topological polar surface area (TPSA) is 86.7 Å². The summed E-state index contributed by atoms with van der Waals surface area (Å²) in [5.41, 5.74) is -1.13. The number of hydrogen-bond donors (Lipinski definition) is 2. The van der Waals surface area contributed by atoms with E-state index in [0.717, 1.165) is 6.42 Å². The zero-order valence-electron chi connectivity index (χ0n) is 15.0. The van der Waals surface area contributed by atoms with Crippen LogP contribution in [0, 0.1) is 10.8 Å². The molecule has 1 aromatic rings. The van der Waals surface area contributed by atoms with Gasteiger partial charge in [-0.2, -0.15) is 0 Å². The number of nitrogens with zero attached hydrogens (tertiary/aromatic N) is 1. The fourth-order valence-electron chi connectivity index (χ4n) is 2.95. The summed E-state index contributed by atoms with van der Waals surface area (Å²) in [7, 11) is 0. The van der Waals surface area contributed by atoms with E-state index >= 15 is 0 Å². The Morgan fingerprint density at radius 2 is 1.88 bits per heavy atom. The number of carboxylic acid groups (broad SMARTS) is 1. The molecule has 2 amide bonds.